The monoisotopic (exact) mass is 472 g/mol. The van der Waals surface area contributed by atoms with E-state index in [2.05, 4.69) is 40.1 Å². The maximum Gasteiger partial charge on any atom is 0.315 e. The van der Waals surface area contributed by atoms with Crippen molar-refractivity contribution in [3.63, 3.8) is 0 Å². The summed E-state index contributed by atoms with van der Waals surface area (Å²) in [5, 5.41) is 0. The van der Waals surface area contributed by atoms with Crippen molar-refractivity contribution < 1.29 is 14.3 Å². The van der Waals surface area contributed by atoms with Gasteiger partial charge in [-0.15, -0.1) is 0 Å². The lowest BCUT2D eigenvalue weighted by Crippen LogP contribution is -2.47. The molecule has 5 nitrogen and oxygen atoms in total. The topological polar surface area (TPSA) is 42.0 Å². The molecule has 1 heterocycles. The minimum Gasteiger partial charge on any atom is -0.496 e. The van der Waals surface area contributed by atoms with Crippen molar-refractivity contribution in [1.29, 1.82) is 0 Å². The Kier molecular flexibility index (Phi) is 8.09. The van der Waals surface area contributed by atoms with Crippen molar-refractivity contribution in [2.75, 3.05) is 51.8 Å². The molecule has 1 fully saturated rings. The first-order valence-corrected chi connectivity index (χ1v) is 12.4. The molecule has 0 amide bonds. The lowest BCUT2D eigenvalue weighted by atomic mass is 9.78. The molecule has 0 radical (unpaired) electrons. The molecule has 3 aromatic rings. The Hall–Kier alpha value is -3.31. The van der Waals surface area contributed by atoms with Crippen LogP contribution in [0.3, 0.4) is 0 Å². The highest BCUT2D eigenvalue weighted by Gasteiger charge is 2.36. The first-order chi connectivity index (χ1) is 17.0. The van der Waals surface area contributed by atoms with Crippen LogP contribution in [0.1, 0.15) is 25.3 Å². The van der Waals surface area contributed by atoms with Crippen molar-refractivity contribution in [2.24, 2.45) is 0 Å². The third-order valence-electron chi connectivity index (χ3n) is 7.22. The summed E-state index contributed by atoms with van der Waals surface area (Å²) in [6, 6.07) is 26.9. The lowest BCUT2D eigenvalue weighted by Gasteiger charge is -2.36. The predicted octanol–water partition coefficient (Wildman–Crippen LogP) is 5.40. The molecule has 1 aliphatic rings. The molecule has 35 heavy (non-hydrogen) atoms. The third-order valence-corrected chi connectivity index (χ3v) is 7.22. The van der Waals surface area contributed by atoms with Crippen LogP contribution in [0.5, 0.6) is 5.75 Å². The van der Waals surface area contributed by atoms with Gasteiger partial charge in [-0.25, -0.2) is 0 Å². The number of esters is 1. The Labute approximate surface area is 209 Å². The van der Waals surface area contributed by atoms with E-state index in [9.17, 15) is 4.79 Å². The van der Waals surface area contributed by atoms with Gasteiger partial charge in [0, 0.05) is 37.4 Å². The summed E-state index contributed by atoms with van der Waals surface area (Å²) in [6.45, 7) is 7.03. The maximum absolute atomic E-state index is 12.6. The van der Waals surface area contributed by atoms with Gasteiger partial charge in [-0.2, -0.15) is 0 Å². The smallest absolute Gasteiger partial charge is 0.315 e. The number of anilines is 1. The summed E-state index contributed by atoms with van der Waals surface area (Å²) in [5.41, 5.74) is 3.94. The summed E-state index contributed by atoms with van der Waals surface area (Å²) >= 11 is 0. The van der Waals surface area contributed by atoms with Gasteiger partial charge >= 0.3 is 5.97 Å². The second kappa shape index (κ2) is 11.4. The van der Waals surface area contributed by atoms with Crippen molar-refractivity contribution in [3.8, 4) is 16.9 Å². The number of ether oxygens (including phenoxy) is 2. The number of carbonyl (C=O) groups is 1. The zero-order valence-corrected chi connectivity index (χ0v) is 21.1. The number of piperazine rings is 1. The summed E-state index contributed by atoms with van der Waals surface area (Å²) in [7, 11) is 3.19. The first kappa shape index (κ1) is 24.8. The van der Waals surface area contributed by atoms with Crippen molar-refractivity contribution >= 4 is 11.7 Å². The van der Waals surface area contributed by atoms with Crippen molar-refractivity contribution in [3.05, 3.63) is 84.4 Å². The predicted molar refractivity (Wildman–Crippen MR) is 142 cm³/mol. The number of hydrogen-bond donors (Lipinski definition) is 0. The molecule has 0 aromatic heterocycles. The number of nitrogens with zero attached hydrogens (tertiary/aromatic N) is 2. The molecular weight excluding hydrogens is 436 g/mol. The Morgan fingerprint density at radius 2 is 1.51 bits per heavy atom. The second-order valence-electron chi connectivity index (χ2n) is 9.37. The lowest BCUT2D eigenvalue weighted by molar-refractivity contribution is -0.147. The van der Waals surface area contributed by atoms with E-state index in [0.29, 0.717) is 0 Å². The molecule has 4 rings (SSSR count). The van der Waals surface area contributed by atoms with E-state index < -0.39 is 5.41 Å². The summed E-state index contributed by atoms with van der Waals surface area (Å²) < 4.78 is 10.7. The molecule has 1 unspecified atom stereocenters. The largest absolute Gasteiger partial charge is 0.496 e. The Morgan fingerprint density at radius 1 is 0.857 bits per heavy atom. The fraction of sp³-hybridized carbons (Fsp3) is 0.367. The van der Waals surface area contributed by atoms with Crippen molar-refractivity contribution in [1.82, 2.24) is 4.90 Å². The molecule has 3 aromatic carbocycles. The number of benzene rings is 3. The molecule has 1 aliphatic heterocycles. The Bertz CT molecular complexity index is 1090. The number of methoxy groups -OCH3 is 2. The van der Waals surface area contributed by atoms with E-state index in [4.69, 9.17) is 9.47 Å². The molecule has 0 bridgehead atoms. The van der Waals surface area contributed by atoms with E-state index in [-0.39, 0.29) is 5.97 Å². The van der Waals surface area contributed by atoms with E-state index in [0.717, 1.165) is 68.0 Å². The zero-order chi connectivity index (χ0) is 24.7. The maximum atomic E-state index is 12.6. The van der Waals surface area contributed by atoms with E-state index in [1.807, 2.05) is 55.5 Å². The standard InChI is InChI=1S/C30H36N2O3/c1-30(29(33)35-3,25-10-5-4-6-11-25)18-9-19-31-20-22-32(23-21-31)26-16-14-24(15-17-26)27-12-7-8-13-28(27)34-2/h4-8,10-17H,9,18-23H2,1-3H3. The summed E-state index contributed by atoms with van der Waals surface area (Å²) in [6.07, 6.45) is 1.72. The fourth-order valence-electron chi connectivity index (χ4n) is 5.02. The Balaban J connectivity index is 1.30. The highest BCUT2D eigenvalue weighted by molar-refractivity contribution is 5.82. The van der Waals surface area contributed by atoms with Crippen LogP contribution in [0.2, 0.25) is 0 Å². The van der Waals surface area contributed by atoms with Gasteiger partial charge in [-0.1, -0.05) is 60.7 Å². The molecule has 5 heteroatoms. The number of hydrogen-bond acceptors (Lipinski definition) is 5. The van der Waals surface area contributed by atoms with Gasteiger partial charge in [0.25, 0.3) is 0 Å². The van der Waals surface area contributed by atoms with Crippen LogP contribution < -0.4 is 9.64 Å². The van der Waals surface area contributed by atoms with Gasteiger partial charge in [-0.3, -0.25) is 9.69 Å². The van der Waals surface area contributed by atoms with Gasteiger partial charge in [0.05, 0.1) is 19.6 Å². The number of carbonyl (C=O) groups excluding carboxylic acids is 1. The van der Waals surface area contributed by atoms with Crippen LogP contribution in [-0.2, 0) is 14.9 Å². The Morgan fingerprint density at radius 3 is 2.17 bits per heavy atom. The highest BCUT2D eigenvalue weighted by atomic mass is 16.5. The average molecular weight is 473 g/mol. The van der Waals surface area contributed by atoms with Crippen LogP contribution in [0, 0.1) is 0 Å². The fourth-order valence-corrected chi connectivity index (χ4v) is 5.02. The SMILES string of the molecule is COC(=O)C(C)(CCCN1CCN(c2ccc(-c3ccccc3OC)cc2)CC1)c1ccccc1. The van der Waals surface area contributed by atoms with E-state index >= 15 is 0 Å². The summed E-state index contributed by atoms with van der Waals surface area (Å²) in [5.74, 6) is 0.731. The summed E-state index contributed by atoms with van der Waals surface area (Å²) in [4.78, 5) is 17.6. The quantitative estimate of drug-likeness (QED) is 0.390. The molecular formula is C30H36N2O3. The molecule has 184 valence electrons. The molecule has 0 aliphatic carbocycles. The van der Waals surface area contributed by atoms with Gasteiger partial charge in [0.2, 0.25) is 0 Å². The molecule has 0 spiro atoms. The van der Waals surface area contributed by atoms with Gasteiger partial charge in [-0.05, 0) is 55.6 Å². The minimum absolute atomic E-state index is 0.162. The minimum atomic E-state index is -0.610. The van der Waals surface area contributed by atoms with Crippen molar-refractivity contribution in [2.45, 2.75) is 25.2 Å². The average Bonchev–Trinajstić information content (AvgIpc) is 2.93. The van der Waals surface area contributed by atoms with Crippen LogP contribution >= 0.6 is 0 Å². The van der Waals surface area contributed by atoms with Gasteiger partial charge in [0.15, 0.2) is 0 Å². The van der Waals surface area contributed by atoms with Crippen LogP contribution in [0.25, 0.3) is 11.1 Å². The second-order valence-corrected chi connectivity index (χ2v) is 9.37. The molecule has 0 N–H and O–H groups in total. The molecule has 1 saturated heterocycles. The normalized spacial score (nSPS) is 15.9. The van der Waals surface area contributed by atoms with Crippen LogP contribution in [0.4, 0.5) is 5.69 Å². The first-order valence-electron chi connectivity index (χ1n) is 12.4. The van der Waals surface area contributed by atoms with E-state index in [1.54, 1.807) is 7.11 Å². The van der Waals surface area contributed by atoms with Crippen LogP contribution in [0.15, 0.2) is 78.9 Å². The zero-order valence-electron chi connectivity index (χ0n) is 21.1. The van der Waals surface area contributed by atoms with E-state index in [1.165, 1.54) is 12.8 Å². The molecule has 0 saturated carbocycles. The third kappa shape index (κ3) is 5.68. The molecule has 1 atom stereocenters. The van der Waals surface area contributed by atoms with Crippen LogP contribution in [-0.4, -0.2) is 57.8 Å². The van der Waals surface area contributed by atoms with Gasteiger partial charge in [0.1, 0.15) is 5.75 Å². The highest BCUT2D eigenvalue weighted by Crippen LogP contribution is 2.32. The van der Waals surface area contributed by atoms with Gasteiger partial charge < -0.3 is 14.4 Å². The number of para-hydroxylation sites is 1. The number of rotatable bonds is 9.